The Balaban J connectivity index is 3.07. The van der Waals surface area contributed by atoms with E-state index in [1.807, 2.05) is 6.07 Å². The van der Waals surface area contributed by atoms with E-state index in [-0.39, 0.29) is 17.1 Å². The number of allylic oxidation sites excluding steroid dienone is 1. The summed E-state index contributed by atoms with van der Waals surface area (Å²) in [6.07, 6.45) is 4.69. The Morgan fingerprint density at radius 3 is 3.07 bits per heavy atom. The number of aromatic carboxylic acids is 1. The number of hydrogen-bond donors (Lipinski definition) is 1. The second kappa shape index (κ2) is 5.13. The molecule has 1 heterocycles. The van der Waals surface area contributed by atoms with E-state index in [0.29, 0.717) is 5.56 Å². The Morgan fingerprint density at radius 2 is 2.47 bits per heavy atom. The minimum Gasteiger partial charge on any atom is -0.478 e. The molecule has 0 aromatic carbocycles. The molecule has 0 aliphatic carbocycles. The number of carboxylic acid groups (broad SMARTS) is 1. The van der Waals surface area contributed by atoms with Gasteiger partial charge in [-0.25, -0.2) is 9.78 Å². The molecule has 0 atom stereocenters. The van der Waals surface area contributed by atoms with E-state index in [9.17, 15) is 4.79 Å². The van der Waals surface area contributed by atoms with Crippen molar-refractivity contribution in [2.24, 2.45) is 0 Å². The largest absolute Gasteiger partial charge is 0.478 e. The second-order valence-corrected chi connectivity index (χ2v) is 3.05. The lowest BCUT2D eigenvalue weighted by Gasteiger charge is -2.00. The summed E-state index contributed by atoms with van der Waals surface area (Å²) in [5.74, 6) is -1.07. The molecule has 0 unspecified atom stereocenters. The van der Waals surface area contributed by atoms with E-state index in [1.165, 1.54) is 18.3 Å². The zero-order chi connectivity index (χ0) is 11.3. The Hall–Kier alpha value is -1.86. The van der Waals surface area contributed by atoms with Crippen molar-refractivity contribution in [2.45, 2.75) is 6.42 Å². The van der Waals surface area contributed by atoms with Gasteiger partial charge in [-0.15, -0.1) is 0 Å². The van der Waals surface area contributed by atoms with Crippen molar-refractivity contribution in [1.82, 2.24) is 4.98 Å². The summed E-state index contributed by atoms with van der Waals surface area (Å²) in [4.78, 5) is 14.6. The molecule has 0 saturated carbocycles. The van der Waals surface area contributed by atoms with Crippen LogP contribution >= 0.6 is 11.6 Å². The van der Waals surface area contributed by atoms with Gasteiger partial charge in [0.2, 0.25) is 0 Å². The fourth-order valence-corrected chi connectivity index (χ4v) is 1.15. The average molecular weight is 223 g/mol. The van der Waals surface area contributed by atoms with Gasteiger partial charge in [0, 0.05) is 11.8 Å². The molecule has 0 bridgehead atoms. The fourth-order valence-electron chi connectivity index (χ4n) is 0.997. The fraction of sp³-hybridized carbons (Fsp3) is 0.100. The van der Waals surface area contributed by atoms with E-state index in [2.05, 4.69) is 4.98 Å². The van der Waals surface area contributed by atoms with Crippen LogP contribution in [0.2, 0.25) is 5.15 Å². The number of hydrogen-bond acceptors (Lipinski definition) is 3. The van der Waals surface area contributed by atoms with Crippen molar-refractivity contribution >= 4 is 23.6 Å². The SMILES string of the molecule is N#CCC=Cc1cnc(Cl)cc1C(=O)O. The lowest BCUT2D eigenvalue weighted by molar-refractivity contribution is 0.0696. The van der Waals surface area contributed by atoms with E-state index in [0.717, 1.165) is 0 Å². The van der Waals surface area contributed by atoms with Crippen LogP contribution in [0.3, 0.4) is 0 Å². The highest BCUT2D eigenvalue weighted by atomic mass is 35.5. The summed E-state index contributed by atoms with van der Waals surface area (Å²) in [7, 11) is 0. The maximum absolute atomic E-state index is 10.8. The molecule has 4 nitrogen and oxygen atoms in total. The van der Waals surface area contributed by atoms with Crippen LogP contribution in [0.1, 0.15) is 22.3 Å². The third-order valence-electron chi connectivity index (χ3n) is 1.64. The normalized spacial score (nSPS) is 10.1. The van der Waals surface area contributed by atoms with Crippen LogP contribution < -0.4 is 0 Å². The summed E-state index contributed by atoms with van der Waals surface area (Å²) in [6, 6.07) is 3.19. The number of aromatic nitrogens is 1. The van der Waals surface area contributed by atoms with Crippen LogP contribution in [0.15, 0.2) is 18.3 Å². The molecule has 0 saturated heterocycles. The van der Waals surface area contributed by atoms with Gasteiger partial charge in [0.25, 0.3) is 0 Å². The molecular weight excluding hydrogens is 216 g/mol. The van der Waals surface area contributed by atoms with Crippen molar-refractivity contribution in [3.8, 4) is 6.07 Å². The Bertz CT molecular complexity index is 449. The van der Waals surface area contributed by atoms with Crippen molar-refractivity contribution in [1.29, 1.82) is 5.26 Å². The van der Waals surface area contributed by atoms with Gasteiger partial charge in [-0.2, -0.15) is 5.26 Å². The van der Waals surface area contributed by atoms with E-state index in [4.69, 9.17) is 22.0 Å². The average Bonchev–Trinajstić information content (AvgIpc) is 2.20. The molecule has 0 spiro atoms. The summed E-state index contributed by atoms with van der Waals surface area (Å²) < 4.78 is 0. The topological polar surface area (TPSA) is 74.0 Å². The predicted molar refractivity (Wildman–Crippen MR) is 55.5 cm³/mol. The molecule has 0 radical (unpaired) electrons. The quantitative estimate of drug-likeness (QED) is 0.797. The van der Waals surface area contributed by atoms with Crippen LogP contribution in [-0.2, 0) is 0 Å². The number of nitrogens with zero attached hydrogens (tertiary/aromatic N) is 2. The van der Waals surface area contributed by atoms with Crippen molar-refractivity contribution < 1.29 is 9.90 Å². The Labute approximate surface area is 91.4 Å². The Kier molecular flexibility index (Phi) is 3.83. The number of carbonyl (C=O) groups is 1. The van der Waals surface area contributed by atoms with Crippen molar-refractivity contribution in [3.63, 3.8) is 0 Å². The van der Waals surface area contributed by atoms with Gasteiger partial charge in [-0.05, 0) is 6.07 Å². The monoisotopic (exact) mass is 222 g/mol. The molecule has 0 fully saturated rings. The minimum absolute atomic E-state index is 0.0733. The molecule has 0 amide bonds. The van der Waals surface area contributed by atoms with Crippen LogP contribution in [0.5, 0.6) is 0 Å². The summed E-state index contributed by atoms with van der Waals surface area (Å²) in [5.41, 5.74) is 0.506. The van der Waals surface area contributed by atoms with Gasteiger partial charge in [0.05, 0.1) is 18.1 Å². The molecule has 0 aliphatic heterocycles. The van der Waals surface area contributed by atoms with Gasteiger partial charge >= 0.3 is 5.97 Å². The molecule has 1 aromatic heterocycles. The van der Waals surface area contributed by atoms with Crippen LogP contribution in [0.4, 0.5) is 0 Å². The molecule has 15 heavy (non-hydrogen) atoms. The third kappa shape index (κ3) is 3.08. The third-order valence-corrected chi connectivity index (χ3v) is 1.85. The molecular formula is C10H7ClN2O2. The molecule has 76 valence electrons. The zero-order valence-electron chi connectivity index (χ0n) is 7.64. The maximum atomic E-state index is 10.8. The highest BCUT2D eigenvalue weighted by molar-refractivity contribution is 6.29. The number of nitriles is 1. The van der Waals surface area contributed by atoms with Crippen molar-refractivity contribution in [3.05, 3.63) is 34.6 Å². The van der Waals surface area contributed by atoms with E-state index >= 15 is 0 Å². The highest BCUT2D eigenvalue weighted by Crippen LogP contribution is 2.14. The highest BCUT2D eigenvalue weighted by Gasteiger charge is 2.08. The van der Waals surface area contributed by atoms with Crippen LogP contribution in [0.25, 0.3) is 6.08 Å². The number of halogens is 1. The summed E-state index contributed by atoms with van der Waals surface area (Å²) >= 11 is 5.57. The van der Waals surface area contributed by atoms with E-state index < -0.39 is 5.97 Å². The van der Waals surface area contributed by atoms with Gasteiger partial charge in [0.1, 0.15) is 5.15 Å². The first-order valence-electron chi connectivity index (χ1n) is 4.07. The molecule has 1 N–H and O–H groups in total. The first-order chi connectivity index (χ1) is 7.15. The maximum Gasteiger partial charge on any atom is 0.336 e. The predicted octanol–water partition coefficient (Wildman–Crippen LogP) is 2.36. The number of pyridine rings is 1. The van der Waals surface area contributed by atoms with Gasteiger partial charge < -0.3 is 5.11 Å². The number of rotatable bonds is 3. The van der Waals surface area contributed by atoms with Gasteiger partial charge in [-0.1, -0.05) is 23.8 Å². The van der Waals surface area contributed by atoms with Gasteiger partial charge in [0.15, 0.2) is 0 Å². The van der Waals surface area contributed by atoms with Crippen LogP contribution in [-0.4, -0.2) is 16.1 Å². The molecule has 1 aromatic rings. The lowest BCUT2D eigenvalue weighted by Crippen LogP contribution is -2.00. The lowest BCUT2D eigenvalue weighted by atomic mass is 10.1. The standard InChI is InChI=1S/C10H7ClN2O2/c11-9-5-8(10(14)15)7(6-13-9)3-1-2-4-12/h1,3,5-6H,2H2,(H,14,15). The molecule has 5 heteroatoms. The minimum atomic E-state index is -1.07. The summed E-state index contributed by atoms with van der Waals surface area (Å²) in [6.45, 7) is 0. The number of carboxylic acids is 1. The smallest absolute Gasteiger partial charge is 0.336 e. The first kappa shape index (κ1) is 11.2. The zero-order valence-corrected chi connectivity index (χ0v) is 8.40. The van der Waals surface area contributed by atoms with E-state index in [1.54, 1.807) is 6.08 Å². The molecule has 1 rings (SSSR count). The van der Waals surface area contributed by atoms with Crippen molar-refractivity contribution in [2.75, 3.05) is 0 Å². The van der Waals surface area contributed by atoms with Crippen LogP contribution in [0, 0.1) is 11.3 Å². The first-order valence-corrected chi connectivity index (χ1v) is 4.45. The summed E-state index contributed by atoms with van der Waals surface area (Å²) in [5, 5.41) is 17.3. The molecule has 0 aliphatic rings. The Morgan fingerprint density at radius 1 is 1.73 bits per heavy atom. The van der Waals surface area contributed by atoms with Gasteiger partial charge in [-0.3, -0.25) is 0 Å². The second-order valence-electron chi connectivity index (χ2n) is 2.66.